The topological polar surface area (TPSA) is 43.6 Å². The summed E-state index contributed by atoms with van der Waals surface area (Å²) in [6, 6.07) is 9.92. The Hall–Kier alpha value is -1.91. The highest BCUT2D eigenvalue weighted by atomic mass is 35.5. The van der Waals surface area contributed by atoms with Crippen molar-refractivity contribution in [2.45, 2.75) is 19.0 Å². The van der Waals surface area contributed by atoms with Crippen LogP contribution in [0.15, 0.2) is 53.7 Å². The Kier molecular flexibility index (Phi) is 7.57. The smallest absolute Gasteiger partial charge is 0.161 e. The zero-order valence-electron chi connectivity index (χ0n) is 12.8. The van der Waals surface area contributed by atoms with Crippen molar-refractivity contribution in [2.75, 3.05) is 14.2 Å². The van der Waals surface area contributed by atoms with E-state index >= 15 is 0 Å². The lowest BCUT2D eigenvalue weighted by Gasteiger charge is -2.18. The van der Waals surface area contributed by atoms with Gasteiger partial charge in [0.25, 0.3) is 0 Å². The lowest BCUT2D eigenvalue weighted by Crippen LogP contribution is -3.00. The molecule has 22 heavy (non-hydrogen) atoms. The third-order valence-electron chi connectivity index (χ3n) is 3.32. The number of methoxy groups -OCH3 is 2. The van der Waals surface area contributed by atoms with Crippen LogP contribution < -0.4 is 27.2 Å². The lowest BCUT2D eigenvalue weighted by atomic mass is 10.0. The second-order valence-corrected chi connectivity index (χ2v) is 4.65. The van der Waals surface area contributed by atoms with Crippen molar-refractivity contribution in [1.82, 2.24) is 5.32 Å². The standard InChI is InChI=1S/C17H21NO3.ClH/c1-4-6-15(18-12-14-7-5-10-21-14)13-8-9-16(19-2)17(11-13)20-3;/h4-5,7-11,15,18H,1,6,12H2,2-3H3;1H/p-1. The highest BCUT2D eigenvalue weighted by molar-refractivity contribution is 5.43. The second kappa shape index (κ2) is 9.18. The van der Waals surface area contributed by atoms with Gasteiger partial charge in [-0.15, -0.1) is 6.58 Å². The van der Waals surface area contributed by atoms with Crippen molar-refractivity contribution < 1.29 is 26.3 Å². The van der Waals surface area contributed by atoms with Gasteiger partial charge in [0.15, 0.2) is 11.5 Å². The monoisotopic (exact) mass is 322 g/mol. The first-order valence-electron chi connectivity index (χ1n) is 6.87. The van der Waals surface area contributed by atoms with E-state index in [0.717, 1.165) is 29.2 Å². The molecule has 0 saturated heterocycles. The van der Waals surface area contributed by atoms with Crippen molar-refractivity contribution in [3.05, 3.63) is 60.6 Å². The van der Waals surface area contributed by atoms with Gasteiger partial charge in [-0.1, -0.05) is 12.1 Å². The molecule has 2 aromatic rings. The third kappa shape index (κ3) is 4.55. The minimum absolute atomic E-state index is 0. The van der Waals surface area contributed by atoms with Crippen LogP contribution in [-0.2, 0) is 6.54 Å². The van der Waals surface area contributed by atoms with Crippen LogP contribution in [0.4, 0.5) is 0 Å². The van der Waals surface area contributed by atoms with Crippen molar-refractivity contribution >= 4 is 0 Å². The zero-order chi connectivity index (χ0) is 15.1. The van der Waals surface area contributed by atoms with Crippen LogP contribution in [0.5, 0.6) is 11.5 Å². The highest BCUT2D eigenvalue weighted by Crippen LogP contribution is 2.31. The summed E-state index contributed by atoms with van der Waals surface area (Å²) in [5, 5.41) is 3.47. The van der Waals surface area contributed by atoms with E-state index in [1.807, 2.05) is 36.4 Å². The lowest BCUT2D eigenvalue weighted by molar-refractivity contribution is -0.00000536. The molecule has 1 aromatic heterocycles. The Morgan fingerprint density at radius 1 is 1.23 bits per heavy atom. The number of benzene rings is 1. The quantitative estimate of drug-likeness (QED) is 0.727. The number of hydrogen-bond donors (Lipinski definition) is 1. The van der Waals surface area contributed by atoms with Crippen LogP contribution in [0.25, 0.3) is 0 Å². The van der Waals surface area contributed by atoms with Gasteiger partial charge in [-0.05, 0) is 36.2 Å². The average Bonchev–Trinajstić information content (AvgIpc) is 3.04. The molecule has 0 aliphatic heterocycles. The minimum atomic E-state index is 0. The first kappa shape index (κ1) is 18.1. The maximum atomic E-state index is 5.36. The molecule has 1 atom stereocenters. The molecule has 120 valence electrons. The van der Waals surface area contributed by atoms with Gasteiger partial charge in [-0.3, -0.25) is 0 Å². The molecule has 0 saturated carbocycles. The summed E-state index contributed by atoms with van der Waals surface area (Å²) in [7, 11) is 3.27. The summed E-state index contributed by atoms with van der Waals surface area (Å²) in [4.78, 5) is 0. The van der Waals surface area contributed by atoms with Crippen molar-refractivity contribution in [1.29, 1.82) is 0 Å². The van der Waals surface area contributed by atoms with E-state index in [-0.39, 0.29) is 18.4 Å². The van der Waals surface area contributed by atoms with Crippen LogP contribution in [0.2, 0.25) is 0 Å². The first-order valence-corrected chi connectivity index (χ1v) is 6.87. The second-order valence-electron chi connectivity index (χ2n) is 4.65. The van der Waals surface area contributed by atoms with Gasteiger partial charge in [0.2, 0.25) is 0 Å². The molecule has 4 nitrogen and oxygen atoms in total. The fourth-order valence-electron chi connectivity index (χ4n) is 2.21. The minimum Gasteiger partial charge on any atom is -1.00 e. The summed E-state index contributed by atoms with van der Waals surface area (Å²) < 4.78 is 16.0. The highest BCUT2D eigenvalue weighted by Gasteiger charge is 2.13. The van der Waals surface area contributed by atoms with Crippen LogP contribution in [0, 0.1) is 0 Å². The molecule has 0 bridgehead atoms. The maximum Gasteiger partial charge on any atom is 0.161 e. The number of nitrogens with one attached hydrogen (secondary N) is 1. The average molecular weight is 323 g/mol. The predicted octanol–water partition coefficient (Wildman–Crippen LogP) is 0.708. The molecule has 0 fully saturated rings. The molecule has 0 aliphatic carbocycles. The fraction of sp³-hybridized carbons (Fsp3) is 0.294. The van der Waals surface area contributed by atoms with Gasteiger partial charge in [-0.25, -0.2) is 0 Å². The zero-order valence-corrected chi connectivity index (χ0v) is 13.6. The molecule has 0 aliphatic rings. The Balaban J connectivity index is 0.00000242. The summed E-state index contributed by atoms with van der Waals surface area (Å²) in [5.74, 6) is 2.36. The van der Waals surface area contributed by atoms with Gasteiger partial charge < -0.3 is 31.6 Å². The Morgan fingerprint density at radius 2 is 2.00 bits per heavy atom. The van der Waals surface area contributed by atoms with E-state index < -0.39 is 0 Å². The molecule has 0 amide bonds. The molecule has 0 spiro atoms. The van der Waals surface area contributed by atoms with E-state index in [2.05, 4.69) is 11.9 Å². The van der Waals surface area contributed by atoms with E-state index in [0.29, 0.717) is 6.54 Å². The van der Waals surface area contributed by atoms with E-state index in [4.69, 9.17) is 13.9 Å². The Labute approximate surface area is 137 Å². The number of ether oxygens (including phenoxy) is 2. The van der Waals surface area contributed by atoms with Gasteiger partial charge in [-0.2, -0.15) is 0 Å². The molecule has 2 rings (SSSR count). The van der Waals surface area contributed by atoms with E-state index in [1.54, 1.807) is 20.5 Å². The number of furan rings is 1. The molecule has 5 heteroatoms. The molecule has 1 unspecified atom stereocenters. The molecular weight excluding hydrogens is 302 g/mol. The van der Waals surface area contributed by atoms with Gasteiger partial charge in [0.05, 0.1) is 27.0 Å². The summed E-state index contributed by atoms with van der Waals surface area (Å²) in [5.41, 5.74) is 1.12. The summed E-state index contributed by atoms with van der Waals surface area (Å²) in [6.45, 7) is 4.49. The molecule has 0 radical (unpaired) electrons. The van der Waals surface area contributed by atoms with Gasteiger partial charge >= 0.3 is 0 Å². The van der Waals surface area contributed by atoms with Crippen molar-refractivity contribution in [3.63, 3.8) is 0 Å². The normalized spacial score (nSPS) is 11.4. The maximum absolute atomic E-state index is 5.36. The van der Waals surface area contributed by atoms with Gasteiger partial charge in [0, 0.05) is 6.04 Å². The number of halogens is 1. The van der Waals surface area contributed by atoms with Crippen LogP contribution in [0.3, 0.4) is 0 Å². The van der Waals surface area contributed by atoms with Crippen molar-refractivity contribution in [2.24, 2.45) is 0 Å². The number of rotatable bonds is 8. The van der Waals surface area contributed by atoms with E-state index in [1.165, 1.54) is 0 Å². The third-order valence-corrected chi connectivity index (χ3v) is 3.32. The van der Waals surface area contributed by atoms with E-state index in [9.17, 15) is 0 Å². The van der Waals surface area contributed by atoms with Gasteiger partial charge in [0.1, 0.15) is 5.76 Å². The number of hydrogen-bond acceptors (Lipinski definition) is 4. The predicted molar refractivity (Wildman–Crippen MR) is 82.6 cm³/mol. The summed E-state index contributed by atoms with van der Waals surface area (Å²) >= 11 is 0. The van der Waals surface area contributed by atoms with Crippen LogP contribution >= 0.6 is 0 Å². The largest absolute Gasteiger partial charge is 1.00 e. The SMILES string of the molecule is C=CCC(NCc1ccco1)c1ccc(OC)c(OC)c1.[Cl-]. The van der Waals surface area contributed by atoms with Crippen LogP contribution in [0.1, 0.15) is 23.8 Å². The van der Waals surface area contributed by atoms with Crippen LogP contribution in [-0.4, -0.2) is 14.2 Å². The molecular formula is C17H21ClNO3-. The molecule has 1 aromatic carbocycles. The molecule has 1 heterocycles. The Morgan fingerprint density at radius 3 is 2.59 bits per heavy atom. The Bertz CT molecular complexity index is 569. The first-order chi connectivity index (χ1) is 10.3. The fourth-order valence-corrected chi connectivity index (χ4v) is 2.21. The van der Waals surface area contributed by atoms with Crippen molar-refractivity contribution in [3.8, 4) is 11.5 Å². The summed E-state index contributed by atoms with van der Waals surface area (Å²) in [6.07, 6.45) is 4.39. The molecule has 1 N–H and O–H groups in total.